The highest BCUT2D eigenvalue weighted by Crippen LogP contribution is 2.15. The molecule has 1 unspecified atom stereocenters. The molecule has 0 spiro atoms. The molecule has 1 rings (SSSR count). The molecule has 0 aliphatic carbocycles. The van der Waals surface area contributed by atoms with Crippen molar-refractivity contribution in [2.24, 2.45) is 11.7 Å². The Morgan fingerprint density at radius 1 is 1.18 bits per heavy atom. The van der Waals surface area contributed by atoms with Crippen molar-refractivity contribution < 1.29 is 14.3 Å². The molecule has 1 aromatic rings. The third kappa shape index (κ3) is 8.00. The van der Waals surface area contributed by atoms with Crippen molar-refractivity contribution in [1.29, 1.82) is 0 Å². The van der Waals surface area contributed by atoms with Crippen molar-refractivity contribution >= 4 is 11.6 Å². The van der Waals surface area contributed by atoms with E-state index in [1.54, 1.807) is 0 Å². The Balaban J connectivity index is 2.27. The van der Waals surface area contributed by atoms with E-state index in [0.717, 1.165) is 17.9 Å². The number of ether oxygens (including phenoxy) is 2. The van der Waals surface area contributed by atoms with Crippen LogP contribution in [0.3, 0.4) is 0 Å². The van der Waals surface area contributed by atoms with E-state index in [0.29, 0.717) is 32.1 Å². The van der Waals surface area contributed by atoms with E-state index in [2.05, 4.69) is 19.2 Å². The Kier molecular flexibility index (Phi) is 8.55. The second kappa shape index (κ2) is 10.2. The molecule has 1 aromatic carbocycles. The molecule has 3 N–H and O–H groups in total. The van der Waals surface area contributed by atoms with E-state index in [9.17, 15) is 4.79 Å². The Labute approximate surface area is 133 Å². The molecule has 0 fully saturated rings. The average molecular weight is 308 g/mol. The van der Waals surface area contributed by atoms with Crippen LogP contribution >= 0.6 is 0 Å². The predicted molar refractivity (Wildman–Crippen MR) is 89.1 cm³/mol. The molecule has 5 heteroatoms. The molecule has 0 saturated heterocycles. The molecule has 124 valence electrons. The molecule has 0 aliphatic rings. The summed E-state index contributed by atoms with van der Waals surface area (Å²) in [6.07, 6.45) is 1.55. The highest BCUT2D eigenvalue weighted by molar-refractivity contribution is 5.90. The lowest BCUT2D eigenvalue weighted by molar-refractivity contribution is -0.117. The first kappa shape index (κ1) is 18.5. The highest BCUT2D eigenvalue weighted by atomic mass is 16.5. The zero-order valence-electron chi connectivity index (χ0n) is 13.8. The molecule has 0 heterocycles. The third-order valence-electron chi connectivity index (χ3n) is 3.06. The number of benzene rings is 1. The minimum atomic E-state index is -0.0487. The summed E-state index contributed by atoms with van der Waals surface area (Å²) in [7, 11) is 0. The van der Waals surface area contributed by atoms with E-state index in [4.69, 9.17) is 15.2 Å². The Hall–Kier alpha value is -1.59. The van der Waals surface area contributed by atoms with E-state index in [1.807, 2.05) is 31.2 Å². The van der Waals surface area contributed by atoms with Crippen LogP contribution in [0, 0.1) is 5.92 Å². The normalized spacial score (nSPS) is 12.2. The van der Waals surface area contributed by atoms with Crippen LogP contribution in [0.4, 0.5) is 5.69 Å². The lowest BCUT2D eigenvalue weighted by atomic mass is 10.1. The van der Waals surface area contributed by atoms with Crippen molar-refractivity contribution in [3.8, 4) is 5.75 Å². The fourth-order valence-corrected chi connectivity index (χ4v) is 2.12. The number of nitrogens with one attached hydrogen (secondary N) is 1. The van der Waals surface area contributed by atoms with E-state index in [1.165, 1.54) is 0 Å². The molecule has 0 saturated carbocycles. The summed E-state index contributed by atoms with van der Waals surface area (Å²) in [5, 5.41) is 2.84. The van der Waals surface area contributed by atoms with Crippen LogP contribution in [-0.2, 0) is 9.53 Å². The van der Waals surface area contributed by atoms with Crippen molar-refractivity contribution in [3.63, 3.8) is 0 Å². The van der Waals surface area contributed by atoms with Crippen LogP contribution in [0.15, 0.2) is 24.3 Å². The quantitative estimate of drug-likeness (QED) is 0.697. The van der Waals surface area contributed by atoms with Crippen LogP contribution in [0.5, 0.6) is 5.75 Å². The lowest BCUT2D eigenvalue weighted by Crippen LogP contribution is -2.18. The van der Waals surface area contributed by atoms with Gasteiger partial charge < -0.3 is 20.5 Å². The minimum absolute atomic E-state index is 0.0487. The maximum absolute atomic E-state index is 11.8. The van der Waals surface area contributed by atoms with Gasteiger partial charge in [0.05, 0.1) is 19.1 Å². The van der Waals surface area contributed by atoms with Gasteiger partial charge in [0.25, 0.3) is 0 Å². The second-order valence-electron chi connectivity index (χ2n) is 5.77. The highest BCUT2D eigenvalue weighted by Gasteiger charge is 2.07. The SMILES string of the molecule is CC(C)CC(C)OCCC(=O)Nc1ccc(OCCN)cc1. The topological polar surface area (TPSA) is 73.6 Å². The van der Waals surface area contributed by atoms with Crippen molar-refractivity contribution in [2.45, 2.75) is 39.7 Å². The van der Waals surface area contributed by atoms with Crippen molar-refractivity contribution in [3.05, 3.63) is 24.3 Å². The molecule has 5 nitrogen and oxygen atoms in total. The lowest BCUT2D eigenvalue weighted by Gasteiger charge is -2.15. The van der Waals surface area contributed by atoms with Gasteiger partial charge in [0, 0.05) is 12.2 Å². The van der Waals surface area contributed by atoms with Crippen LogP contribution in [-0.4, -0.2) is 31.8 Å². The monoisotopic (exact) mass is 308 g/mol. The molecule has 0 aliphatic heterocycles. The Morgan fingerprint density at radius 2 is 1.86 bits per heavy atom. The average Bonchev–Trinajstić information content (AvgIpc) is 2.45. The van der Waals surface area contributed by atoms with Gasteiger partial charge in [-0.05, 0) is 43.5 Å². The summed E-state index contributed by atoms with van der Waals surface area (Å²) >= 11 is 0. The van der Waals surface area contributed by atoms with Gasteiger partial charge in [-0.25, -0.2) is 0 Å². The molecule has 0 bridgehead atoms. The molecule has 1 amide bonds. The summed E-state index contributed by atoms with van der Waals surface area (Å²) in [5.41, 5.74) is 6.12. The summed E-state index contributed by atoms with van der Waals surface area (Å²) in [4.78, 5) is 11.8. The number of hydrogen-bond donors (Lipinski definition) is 2. The van der Waals surface area contributed by atoms with E-state index < -0.39 is 0 Å². The Morgan fingerprint density at radius 3 is 2.45 bits per heavy atom. The largest absolute Gasteiger partial charge is 0.492 e. The number of rotatable bonds is 10. The van der Waals surface area contributed by atoms with E-state index >= 15 is 0 Å². The first-order chi connectivity index (χ1) is 10.5. The van der Waals surface area contributed by atoms with Gasteiger partial charge in [-0.2, -0.15) is 0 Å². The Bertz CT molecular complexity index is 432. The molecule has 0 aromatic heterocycles. The number of carbonyl (C=O) groups excluding carboxylic acids is 1. The number of amides is 1. The molecular formula is C17H28N2O3. The molecule has 0 radical (unpaired) electrons. The van der Waals surface area contributed by atoms with Gasteiger partial charge >= 0.3 is 0 Å². The minimum Gasteiger partial charge on any atom is -0.492 e. The van der Waals surface area contributed by atoms with Crippen LogP contribution in [0.25, 0.3) is 0 Å². The number of hydrogen-bond acceptors (Lipinski definition) is 4. The summed E-state index contributed by atoms with van der Waals surface area (Å²) in [6, 6.07) is 7.25. The van der Waals surface area contributed by atoms with Crippen LogP contribution in [0.1, 0.15) is 33.6 Å². The molecular weight excluding hydrogens is 280 g/mol. The third-order valence-corrected chi connectivity index (χ3v) is 3.06. The molecule has 1 atom stereocenters. The molecule has 22 heavy (non-hydrogen) atoms. The smallest absolute Gasteiger partial charge is 0.226 e. The first-order valence-corrected chi connectivity index (χ1v) is 7.85. The van der Waals surface area contributed by atoms with Gasteiger partial charge in [0.15, 0.2) is 0 Å². The summed E-state index contributed by atoms with van der Waals surface area (Å²) < 4.78 is 11.0. The van der Waals surface area contributed by atoms with Gasteiger partial charge in [-0.3, -0.25) is 4.79 Å². The van der Waals surface area contributed by atoms with Gasteiger partial charge in [-0.1, -0.05) is 13.8 Å². The van der Waals surface area contributed by atoms with Crippen molar-refractivity contribution in [2.75, 3.05) is 25.1 Å². The number of nitrogens with two attached hydrogens (primary N) is 1. The van der Waals surface area contributed by atoms with E-state index in [-0.39, 0.29) is 12.0 Å². The standard InChI is InChI=1S/C17H28N2O3/c1-13(2)12-14(3)21-10-8-17(20)19-15-4-6-16(7-5-15)22-11-9-18/h4-7,13-14H,8-12,18H2,1-3H3,(H,19,20). The number of carbonyl (C=O) groups is 1. The van der Waals surface area contributed by atoms with Crippen LogP contribution < -0.4 is 15.8 Å². The maximum atomic E-state index is 11.8. The zero-order valence-corrected chi connectivity index (χ0v) is 13.8. The zero-order chi connectivity index (χ0) is 16.4. The van der Waals surface area contributed by atoms with Gasteiger partial charge in [-0.15, -0.1) is 0 Å². The first-order valence-electron chi connectivity index (χ1n) is 7.85. The van der Waals surface area contributed by atoms with Crippen molar-refractivity contribution in [1.82, 2.24) is 0 Å². The number of anilines is 1. The fourth-order valence-electron chi connectivity index (χ4n) is 2.12. The summed E-state index contributed by atoms with van der Waals surface area (Å²) in [5.74, 6) is 1.30. The predicted octanol–water partition coefficient (Wildman–Crippen LogP) is 2.80. The maximum Gasteiger partial charge on any atom is 0.226 e. The second-order valence-corrected chi connectivity index (χ2v) is 5.77. The summed E-state index contributed by atoms with van der Waals surface area (Å²) in [6.45, 7) is 7.77. The van der Waals surface area contributed by atoms with Gasteiger partial charge in [0.1, 0.15) is 12.4 Å². The van der Waals surface area contributed by atoms with Gasteiger partial charge in [0.2, 0.25) is 5.91 Å². The van der Waals surface area contributed by atoms with Crippen LogP contribution in [0.2, 0.25) is 0 Å². The fraction of sp³-hybridized carbons (Fsp3) is 0.588.